The zero-order valence-electron chi connectivity index (χ0n) is 17.4. The van der Waals surface area contributed by atoms with Gasteiger partial charge in [0.15, 0.2) is 0 Å². The molecule has 2 aromatic rings. The molecule has 4 amide bonds. The summed E-state index contributed by atoms with van der Waals surface area (Å²) in [6.07, 6.45) is -0.659. The van der Waals surface area contributed by atoms with Crippen molar-refractivity contribution in [3.8, 4) is 11.5 Å². The van der Waals surface area contributed by atoms with Crippen LogP contribution in [0.3, 0.4) is 0 Å². The lowest BCUT2D eigenvalue weighted by Crippen LogP contribution is -2.49. The Morgan fingerprint density at radius 1 is 0.781 bits per heavy atom. The lowest BCUT2D eigenvalue weighted by molar-refractivity contribution is -0.172. The maximum atomic E-state index is 13.0. The molecule has 166 valence electrons. The largest absolute Gasteiger partial charge is 0.497 e. The van der Waals surface area contributed by atoms with E-state index in [4.69, 9.17) is 9.47 Å². The number of imide groups is 2. The summed E-state index contributed by atoms with van der Waals surface area (Å²) < 4.78 is 10.3. The summed E-state index contributed by atoms with van der Waals surface area (Å²) in [4.78, 5) is 53.0. The predicted octanol–water partition coefficient (Wildman–Crippen LogP) is 1.36. The van der Waals surface area contributed by atoms with Crippen molar-refractivity contribution >= 4 is 35.0 Å². The SMILES string of the molecule is COc1cccc(N2C(=O)CC(N(O)C3CC(=O)N(c4cccc(OC)c4)C3=O)C2=O)c1. The average Bonchev–Trinajstić information content (AvgIpc) is 3.27. The van der Waals surface area contributed by atoms with Crippen LogP contribution in [0.4, 0.5) is 11.4 Å². The standard InChI is InChI=1S/C22H21N3O7/c1-31-15-7-3-5-13(9-15)23-19(26)11-17(21(23)28)25(30)18-12-20(27)24(22(18)29)14-6-4-8-16(10-14)32-2/h3-10,17-18,30H,11-12H2,1-2H3. The fraction of sp³-hybridized carbons (Fsp3) is 0.273. The van der Waals surface area contributed by atoms with Crippen molar-refractivity contribution in [2.24, 2.45) is 0 Å². The molecule has 0 bridgehead atoms. The summed E-state index contributed by atoms with van der Waals surface area (Å²) >= 11 is 0. The number of benzene rings is 2. The highest BCUT2D eigenvalue weighted by molar-refractivity contribution is 6.24. The van der Waals surface area contributed by atoms with Crippen LogP contribution in [-0.4, -0.2) is 60.2 Å². The molecule has 10 heteroatoms. The number of methoxy groups -OCH3 is 2. The fourth-order valence-electron chi connectivity index (χ4n) is 3.90. The van der Waals surface area contributed by atoms with E-state index in [0.717, 1.165) is 9.80 Å². The lowest BCUT2D eigenvalue weighted by Gasteiger charge is -2.25. The van der Waals surface area contributed by atoms with Gasteiger partial charge in [0.1, 0.15) is 23.6 Å². The third-order valence-electron chi connectivity index (χ3n) is 5.51. The minimum Gasteiger partial charge on any atom is -0.497 e. The van der Waals surface area contributed by atoms with Crippen LogP contribution < -0.4 is 19.3 Å². The van der Waals surface area contributed by atoms with Crippen molar-refractivity contribution in [1.82, 2.24) is 5.06 Å². The topological polar surface area (TPSA) is 117 Å². The molecule has 0 radical (unpaired) electrons. The predicted molar refractivity (Wildman–Crippen MR) is 111 cm³/mol. The summed E-state index contributed by atoms with van der Waals surface area (Å²) in [5, 5.41) is 11.3. The maximum absolute atomic E-state index is 13.0. The highest BCUT2D eigenvalue weighted by Gasteiger charge is 2.50. The number of hydroxylamine groups is 2. The fourth-order valence-corrected chi connectivity index (χ4v) is 3.90. The first-order valence-corrected chi connectivity index (χ1v) is 9.84. The van der Waals surface area contributed by atoms with Gasteiger partial charge in [-0.2, -0.15) is 5.06 Å². The summed E-state index contributed by atoms with van der Waals surface area (Å²) in [5.74, 6) is -1.53. The number of anilines is 2. The van der Waals surface area contributed by atoms with E-state index in [0.29, 0.717) is 27.9 Å². The molecule has 0 saturated carbocycles. The molecule has 1 N–H and O–H groups in total. The van der Waals surface area contributed by atoms with E-state index in [1.54, 1.807) is 36.4 Å². The Morgan fingerprint density at radius 2 is 1.19 bits per heavy atom. The number of hydrogen-bond donors (Lipinski definition) is 1. The van der Waals surface area contributed by atoms with Crippen molar-refractivity contribution in [2.75, 3.05) is 24.0 Å². The Balaban J connectivity index is 1.56. The zero-order valence-corrected chi connectivity index (χ0v) is 17.4. The second-order valence-electron chi connectivity index (χ2n) is 7.36. The van der Waals surface area contributed by atoms with Gasteiger partial charge in [0.25, 0.3) is 11.8 Å². The Labute approximate surface area is 183 Å². The van der Waals surface area contributed by atoms with Gasteiger partial charge in [0.2, 0.25) is 11.8 Å². The molecular weight excluding hydrogens is 418 g/mol. The van der Waals surface area contributed by atoms with Crippen LogP contribution in [0.15, 0.2) is 48.5 Å². The Kier molecular flexibility index (Phi) is 5.64. The van der Waals surface area contributed by atoms with E-state index in [1.165, 1.54) is 26.4 Å². The number of ether oxygens (including phenoxy) is 2. The molecule has 2 aromatic carbocycles. The van der Waals surface area contributed by atoms with E-state index >= 15 is 0 Å². The Morgan fingerprint density at radius 3 is 1.56 bits per heavy atom. The van der Waals surface area contributed by atoms with Crippen LogP contribution in [0.1, 0.15) is 12.8 Å². The number of carbonyl (C=O) groups excluding carboxylic acids is 4. The van der Waals surface area contributed by atoms with Crippen molar-refractivity contribution in [3.63, 3.8) is 0 Å². The van der Waals surface area contributed by atoms with Crippen molar-refractivity contribution < 1.29 is 33.9 Å². The summed E-state index contributed by atoms with van der Waals surface area (Å²) in [6, 6.07) is 10.2. The maximum Gasteiger partial charge on any atom is 0.254 e. The van der Waals surface area contributed by atoms with Crippen molar-refractivity contribution in [3.05, 3.63) is 48.5 Å². The first-order chi connectivity index (χ1) is 15.3. The second kappa shape index (κ2) is 8.40. The molecule has 2 aliphatic rings. The molecule has 32 heavy (non-hydrogen) atoms. The quantitative estimate of drug-likeness (QED) is 0.530. The van der Waals surface area contributed by atoms with Crippen LogP contribution in [0, 0.1) is 0 Å². The zero-order chi connectivity index (χ0) is 23.0. The molecule has 0 spiro atoms. The number of hydrogen-bond acceptors (Lipinski definition) is 8. The summed E-state index contributed by atoms with van der Waals surface area (Å²) in [6.45, 7) is 0. The molecular formula is C22H21N3O7. The monoisotopic (exact) mass is 439 g/mol. The molecule has 2 heterocycles. The van der Waals surface area contributed by atoms with Gasteiger partial charge in [-0.25, -0.2) is 9.80 Å². The Bertz CT molecular complexity index is 1020. The van der Waals surface area contributed by atoms with E-state index in [9.17, 15) is 24.4 Å². The molecule has 0 aromatic heterocycles. The summed E-state index contributed by atoms with van der Waals surface area (Å²) in [7, 11) is 2.92. The van der Waals surface area contributed by atoms with Crippen LogP contribution in [0.2, 0.25) is 0 Å². The number of amides is 4. The van der Waals surface area contributed by atoms with E-state index in [2.05, 4.69) is 0 Å². The molecule has 4 rings (SSSR count). The minimum absolute atomic E-state index is 0.294. The lowest BCUT2D eigenvalue weighted by atomic mass is 10.1. The number of rotatable bonds is 6. The highest BCUT2D eigenvalue weighted by atomic mass is 16.5. The van der Waals surface area contributed by atoms with Gasteiger partial charge < -0.3 is 14.7 Å². The van der Waals surface area contributed by atoms with Crippen LogP contribution in [-0.2, 0) is 19.2 Å². The van der Waals surface area contributed by atoms with E-state index < -0.39 is 35.7 Å². The normalized spacial score (nSPS) is 21.1. The van der Waals surface area contributed by atoms with Gasteiger partial charge in [0.05, 0.1) is 38.4 Å². The Hall–Kier alpha value is -3.76. The van der Waals surface area contributed by atoms with Crippen LogP contribution in [0.25, 0.3) is 0 Å². The number of nitrogens with zero attached hydrogens (tertiary/aromatic N) is 3. The smallest absolute Gasteiger partial charge is 0.254 e. The number of carbonyl (C=O) groups is 4. The summed E-state index contributed by atoms with van der Waals surface area (Å²) in [5.41, 5.74) is 0.587. The molecule has 2 atom stereocenters. The van der Waals surface area contributed by atoms with E-state index in [-0.39, 0.29) is 12.8 Å². The molecule has 10 nitrogen and oxygen atoms in total. The van der Waals surface area contributed by atoms with Gasteiger partial charge in [-0.15, -0.1) is 0 Å². The third-order valence-corrected chi connectivity index (χ3v) is 5.51. The van der Waals surface area contributed by atoms with Crippen LogP contribution >= 0.6 is 0 Å². The van der Waals surface area contributed by atoms with Crippen molar-refractivity contribution in [2.45, 2.75) is 24.9 Å². The molecule has 2 saturated heterocycles. The molecule has 2 unspecified atom stereocenters. The van der Waals surface area contributed by atoms with Crippen molar-refractivity contribution in [1.29, 1.82) is 0 Å². The molecule has 2 fully saturated rings. The minimum atomic E-state index is -1.29. The highest BCUT2D eigenvalue weighted by Crippen LogP contribution is 2.32. The van der Waals surface area contributed by atoms with Gasteiger partial charge >= 0.3 is 0 Å². The van der Waals surface area contributed by atoms with Gasteiger partial charge in [-0.1, -0.05) is 12.1 Å². The molecule has 2 aliphatic heterocycles. The first-order valence-electron chi connectivity index (χ1n) is 9.84. The first kappa shape index (κ1) is 21.5. The molecule has 0 aliphatic carbocycles. The second-order valence-corrected chi connectivity index (χ2v) is 7.36. The van der Waals surface area contributed by atoms with Gasteiger partial charge in [0, 0.05) is 12.1 Å². The average molecular weight is 439 g/mol. The van der Waals surface area contributed by atoms with Crippen LogP contribution in [0.5, 0.6) is 11.5 Å². The van der Waals surface area contributed by atoms with Gasteiger partial charge in [-0.3, -0.25) is 19.2 Å². The van der Waals surface area contributed by atoms with E-state index in [1.807, 2.05) is 0 Å². The van der Waals surface area contributed by atoms with Gasteiger partial charge in [-0.05, 0) is 24.3 Å². The third kappa shape index (κ3) is 3.59.